The van der Waals surface area contributed by atoms with Crippen LogP contribution in [0.25, 0.3) is 5.69 Å². The minimum atomic E-state index is -3.87. The summed E-state index contributed by atoms with van der Waals surface area (Å²) in [5.74, 6) is 0.265. The maximum absolute atomic E-state index is 13.4. The third-order valence-electron chi connectivity index (χ3n) is 5.87. The number of hydrogen-bond donors (Lipinski definition) is 1. The van der Waals surface area contributed by atoms with Crippen LogP contribution in [-0.4, -0.2) is 36.0 Å². The number of methoxy groups -OCH3 is 1. The predicted molar refractivity (Wildman–Crippen MR) is 122 cm³/mol. The Bertz CT molecular complexity index is 1200. The molecule has 9 heteroatoms. The molecule has 32 heavy (non-hydrogen) atoms. The smallest absolute Gasteiger partial charge is 0.242 e. The van der Waals surface area contributed by atoms with Gasteiger partial charge in [0.25, 0.3) is 0 Å². The van der Waals surface area contributed by atoms with Crippen molar-refractivity contribution in [3.05, 3.63) is 71.5 Å². The minimum absolute atomic E-state index is 0.114. The number of aromatic nitrogens is 2. The summed E-state index contributed by atoms with van der Waals surface area (Å²) in [7, 11) is -2.27. The van der Waals surface area contributed by atoms with Gasteiger partial charge in [-0.1, -0.05) is 24.4 Å². The van der Waals surface area contributed by atoms with Crippen LogP contribution in [-0.2, 0) is 21.2 Å². The highest BCUT2D eigenvalue weighted by atomic mass is 35.5. The van der Waals surface area contributed by atoms with E-state index in [1.165, 1.54) is 24.3 Å². The van der Waals surface area contributed by atoms with Crippen molar-refractivity contribution in [3.63, 3.8) is 0 Å². The highest BCUT2D eigenvalue weighted by molar-refractivity contribution is 7.93. The molecule has 1 heterocycles. The fraction of sp³-hybridized carbons (Fsp3) is 0.304. The van der Waals surface area contributed by atoms with Crippen LogP contribution >= 0.6 is 11.6 Å². The second-order valence-electron chi connectivity index (χ2n) is 7.79. The van der Waals surface area contributed by atoms with Crippen molar-refractivity contribution in [3.8, 4) is 11.4 Å². The number of carbonyl (C=O) groups is 1. The van der Waals surface area contributed by atoms with E-state index in [1.807, 2.05) is 24.3 Å². The first kappa shape index (κ1) is 22.4. The molecule has 0 unspecified atom stereocenters. The standard InChI is InChI=1S/C23H24ClN3O4S/c1-31-20-8-6-19(7-9-20)27-15-12-18(26-27)16-25-22(28)23(13-2-3-14-23)32(29,30)21-10-4-17(24)5-11-21/h4-12,15H,2-3,13-14,16H2,1H3,(H,25,28). The molecule has 0 spiro atoms. The zero-order chi connectivity index (χ0) is 22.8. The van der Waals surface area contributed by atoms with Crippen molar-refractivity contribution >= 4 is 27.3 Å². The molecule has 0 radical (unpaired) electrons. The van der Waals surface area contributed by atoms with E-state index in [0.29, 0.717) is 36.4 Å². The number of sulfone groups is 1. The summed E-state index contributed by atoms with van der Waals surface area (Å²) in [6, 6.07) is 15.2. The molecule has 0 atom stereocenters. The van der Waals surface area contributed by atoms with Gasteiger partial charge >= 0.3 is 0 Å². The highest BCUT2D eigenvalue weighted by Crippen LogP contribution is 2.41. The van der Waals surface area contributed by atoms with E-state index in [9.17, 15) is 13.2 Å². The molecule has 1 saturated carbocycles. The maximum atomic E-state index is 13.4. The van der Waals surface area contributed by atoms with Crippen LogP contribution in [0.15, 0.2) is 65.7 Å². The zero-order valence-corrected chi connectivity index (χ0v) is 19.2. The average Bonchev–Trinajstić information content (AvgIpc) is 3.49. The lowest BCUT2D eigenvalue weighted by Gasteiger charge is -2.27. The summed E-state index contributed by atoms with van der Waals surface area (Å²) in [4.78, 5) is 13.3. The highest BCUT2D eigenvalue weighted by Gasteiger charge is 2.52. The molecule has 1 fully saturated rings. The first-order valence-corrected chi connectivity index (χ1v) is 12.2. The summed E-state index contributed by atoms with van der Waals surface area (Å²) in [6.07, 6.45) is 3.76. The molecule has 2 aromatic carbocycles. The van der Waals surface area contributed by atoms with Gasteiger partial charge in [-0.3, -0.25) is 4.79 Å². The fourth-order valence-corrected chi connectivity index (χ4v) is 6.28. The molecule has 7 nitrogen and oxygen atoms in total. The molecular formula is C23H24ClN3O4S. The Morgan fingerprint density at radius 2 is 1.75 bits per heavy atom. The Hall–Kier alpha value is -2.84. The molecule has 0 saturated heterocycles. The van der Waals surface area contributed by atoms with Crippen molar-refractivity contribution in [2.24, 2.45) is 0 Å². The molecule has 1 aliphatic carbocycles. The number of ether oxygens (including phenoxy) is 1. The van der Waals surface area contributed by atoms with Crippen molar-refractivity contribution in [2.75, 3.05) is 7.11 Å². The molecular weight excluding hydrogens is 450 g/mol. The van der Waals surface area contributed by atoms with Crippen molar-refractivity contribution < 1.29 is 17.9 Å². The van der Waals surface area contributed by atoms with Crippen LogP contribution in [0.4, 0.5) is 0 Å². The van der Waals surface area contributed by atoms with E-state index in [-0.39, 0.29) is 11.4 Å². The molecule has 1 aromatic heterocycles. The molecule has 4 rings (SSSR count). The third kappa shape index (κ3) is 4.12. The first-order chi connectivity index (χ1) is 15.4. The Morgan fingerprint density at radius 1 is 1.09 bits per heavy atom. The Labute approximate surface area is 192 Å². The first-order valence-electron chi connectivity index (χ1n) is 10.3. The fourth-order valence-electron chi connectivity index (χ4n) is 4.07. The minimum Gasteiger partial charge on any atom is -0.497 e. The van der Waals surface area contributed by atoms with Crippen LogP contribution in [0.5, 0.6) is 5.75 Å². The van der Waals surface area contributed by atoms with E-state index in [1.54, 1.807) is 24.1 Å². The predicted octanol–water partition coefficient (Wildman–Crippen LogP) is 3.94. The van der Waals surface area contributed by atoms with Gasteiger partial charge in [0.1, 0.15) is 5.75 Å². The quantitative estimate of drug-likeness (QED) is 0.561. The number of rotatable bonds is 7. The maximum Gasteiger partial charge on any atom is 0.242 e. The van der Waals surface area contributed by atoms with Gasteiger partial charge in [0.2, 0.25) is 5.91 Å². The number of benzene rings is 2. The SMILES string of the molecule is COc1ccc(-n2ccc(CNC(=O)C3(S(=O)(=O)c4ccc(Cl)cc4)CCCC3)n2)cc1. The van der Waals surface area contributed by atoms with Crippen LogP contribution in [0.1, 0.15) is 31.4 Å². The Kier molecular flexibility index (Phi) is 6.26. The van der Waals surface area contributed by atoms with Gasteiger partial charge in [-0.05, 0) is 67.4 Å². The van der Waals surface area contributed by atoms with E-state index < -0.39 is 20.5 Å². The summed E-state index contributed by atoms with van der Waals surface area (Å²) < 4.78 is 32.2. The van der Waals surface area contributed by atoms with Crippen LogP contribution in [0.3, 0.4) is 0 Å². The molecule has 3 aromatic rings. The average molecular weight is 474 g/mol. The summed E-state index contributed by atoms with van der Waals surface area (Å²) in [6.45, 7) is 0.139. The van der Waals surface area contributed by atoms with Gasteiger partial charge in [-0.25, -0.2) is 13.1 Å². The van der Waals surface area contributed by atoms with Crippen LogP contribution in [0.2, 0.25) is 5.02 Å². The number of carbonyl (C=O) groups excluding carboxylic acids is 1. The number of amides is 1. The molecule has 0 bridgehead atoms. The number of halogens is 1. The van der Waals surface area contributed by atoms with E-state index in [2.05, 4.69) is 10.4 Å². The number of hydrogen-bond acceptors (Lipinski definition) is 5. The normalized spacial score (nSPS) is 15.4. The lowest BCUT2D eigenvalue weighted by molar-refractivity contribution is -0.123. The van der Waals surface area contributed by atoms with E-state index in [0.717, 1.165) is 11.4 Å². The lowest BCUT2D eigenvalue weighted by atomic mass is 10.1. The van der Waals surface area contributed by atoms with Gasteiger partial charge in [0.05, 0.1) is 29.9 Å². The van der Waals surface area contributed by atoms with Gasteiger partial charge in [0.15, 0.2) is 14.6 Å². The monoisotopic (exact) mass is 473 g/mol. The van der Waals surface area contributed by atoms with Crippen LogP contribution < -0.4 is 10.1 Å². The van der Waals surface area contributed by atoms with Crippen LogP contribution in [0, 0.1) is 0 Å². The van der Waals surface area contributed by atoms with Gasteiger partial charge < -0.3 is 10.1 Å². The second kappa shape index (κ2) is 8.96. The lowest BCUT2D eigenvalue weighted by Crippen LogP contribution is -2.50. The summed E-state index contributed by atoms with van der Waals surface area (Å²) >= 11 is 5.91. The summed E-state index contributed by atoms with van der Waals surface area (Å²) in [5, 5.41) is 7.74. The largest absolute Gasteiger partial charge is 0.497 e. The number of nitrogens with one attached hydrogen (secondary N) is 1. The second-order valence-corrected chi connectivity index (χ2v) is 10.5. The zero-order valence-electron chi connectivity index (χ0n) is 17.6. The van der Waals surface area contributed by atoms with Gasteiger partial charge in [-0.2, -0.15) is 5.10 Å². The molecule has 168 valence electrons. The molecule has 0 aliphatic heterocycles. The van der Waals surface area contributed by atoms with Crippen molar-refractivity contribution in [1.82, 2.24) is 15.1 Å². The van der Waals surface area contributed by atoms with E-state index in [4.69, 9.17) is 16.3 Å². The third-order valence-corrected chi connectivity index (χ3v) is 8.64. The molecule has 1 aliphatic rings. The van der Waals surface area contributed by atoms with E-state index >= 15 is 0 Å². The van der Waals surface area contributed by atoms with Gasteiger partial charge in [-0.15, -0.1) is 0 Å². The van der Waals surface area contributed by atoms with Gasteiger partial charge in [0, 0.05) is 11.2 Å². The van der Waals surface area contributed by atoms with Crippen molar-refractivity contribution in [2.45, 2.75) is 41.9 Å². The Balaban J connectivity index is 1.51. The van der Waals surface area contributed by atoms with Crippen molar-refractivity contribution in [1.29, 1.82) is 0 Å². The molecule has 1 N–H and O–H groups in total. The molecule has 1 amide bonds. The Morgan fingerprint density at radius 3 is 2.38 bits per heavy atom. The number of nitrogens with zero attached hydrogens (tertiary/aromatic N) is 2. The topological polar surface area (TPSA) is 90.3 Å². The summed E-state index contributed by atoms with van der Waals surface area (Å²) in [5.41, 5.74) is 1.48.